The summed E-state index contributed by atoms with van der Waals surface area (Å²) < 4.78 is 10.6. The Morgan fingerprint density at radius 3 is 2.42 bits per heavy atom. The third-order valence-corrected chi connectivity index (χ3v) is 1.54. The molecule has 0 spiro atoms. The molecule has 0 aromatic rings. The van der Waals surface area contributed by atoms with Gasteiger partial charge in [0, 0.05) is 13.1 Å². The molecule has 1 aliphatic rings. The molecule has 0 N–H and O–H groups in total. The monoisotopic (exact) mass is 174 g/mol. The molecule has 0 atom stereocenters. The van der Waals surface area contributed by atoms with Crippen LogP contribution in [-0.4, -0.2) is 63.7 Å². The van der Waals surface area contributed by atoms with Crippen LogP contribution in [0.1, 0.15) is 0 Å². The first-order valence-electron chi connectivity index (χ1n) is 4.31. The smallest absolute Gasteiger partial charge is 0.0992 e. The molecule has 0 aliphatic carbocycles. The number of rotatable bonds is 7. The predicted molar refractivity (Wildman–Crippen MR) is 46.9 cm³/mol. The zero-order valence-electron chi connectivity index (χ0n) is 7.95. The molecule has 0 radical (unpaired) electrons. The van der Waals surface area contributed by atoms with E-state index in [1.165, 1.54) is 13.1 Å². The fraction of sp³-hybridized carbons (Fsp3) is 1.00. The molecule has 1 saturated heterocycles. The van der Waals surface area contributed by atoms with Gasteiger partial charge >= 0.3 is 0 Å². The zero-order valence-corrected chi connectivity index (χ0v) is 7.95. The Labute approximate surface area is 74.0 Å². The summed E-state index contributed by atoms with van der Waals surface area (Å²) in [5, 5.41) is 0. The zero-order chi connectivity index (χ0) is 8.81. The predicted octanol–water partition coefficient (Wildman–Crippen LogP) is -0.188. The molecule has 12 heavy (non-hydrogen) atoms. The Balaban J connectivity index is 1.70. The van der Waals surface area contributed by atoms with E-state index in [1.54, 1.807) is 0 Å². The summed E-state index contributed by atoms with van der Waals surface area (Å²) in [5.74, 6) is 0. The van der Waals surface area contributed by atoms with Gasteiger partial charge < -0.3 is 9.47 Å². The molecule has 0 saturated carbocycles. The normalized spacial score (nSPS) is 17.2. The van der Waals surface area contributed by atoms with Crippen molar-refractivity contribution in [2.45, 2.75) is 0 Å². The van der Waals surface area contributed by atoms with Crippen molar-refractivity contribution in [1.29, 1.82) is 0 Å². The Morgan fingerprint density at radius 1 is 1.17 bits per heavy atom. The van der Waals surface area contributed by atoms with Crippen molar-refractivity contribution in [3.8, 4) is 0 Å². The second-order valence-electron chi connectivity index (χ2n) is 3.27. The van der Waals surface area contributed by atoms with Crippen LogP contribution < -0.4 is 0 Å². The van der Waals surface area contributed by atoms with Gasteiger partial charge in [-0.3, -0.25) is 9.80 Å². The first kappa shape index (κ1) is 9.92. The number of nitrogens with zero attached hydrogens (tertiary/aromatic N) is 2. The molecular formula is C8H18N2O2. The van der Waals surface area contributed by atoms with Gasteiger partial charge in [-0.2, -0.15) is 0 Å². The molecule has 1 rings (SSSR count). The van der Waals surface area contributed by atoms with E-state index >= 15 is 0 Å². The SMILES string of the molecule is CN(C)COCCOCN1CC1. The van der Waals surface area contributed by atoms with Gasteiger partial charge in [0.2, 0.25) is 0 Å². The molecule has 0 unspecified atom stereocenters. The van der Waals surface area contributed by atoms with Gasteiger partial charge in [0.15, 0.2) is 0 Å². The molecule has 4 nitrogen and oxygen atoms in total. The lowest BCUT2D eigenvalue weighted by Crippen LogP contribution is -2.18. The number of ether oxygens (including phenoxy) is 2. The van der Waals surface area contributed by atoms with Crippen molar-refractivity contribution < 1.29 is 9.47 Å². The highest BCUT2D eigenvalue weighted by molar-refractivity contribution is 4.67. The summed E-state index contributed by atoms with van der Waals surface area (Å²) in [4.78, 5) is 4.22. The van der Waals surface area contributed by atoms with Gasteiger partial charge in [-0.05, 0) is 14.1 Å². The van der Waals surface area contributed by atoms with Crippen LogP contribution in [0, 0.1) is 0 Å². The van der Waals surface area contributed by atoms with E-state index in [0.717, 1.165) is 6.73 Å². The van der Waals surface area contributed by atoms with Gasteiger partial charge in [0.05, 0.1) is 26.7 Å². The van der Waals surface area contributed by atoms with Gasteiger partial charge in [-0.25, -0.2) is 0 Å². The van der Waals surface area contributed by atoms with E-state index in [0.29, 0.717) is 19.9 Å². The van der Waals surface area contributed by atoms with Crippen molar-refractivity contribution in [2.75, 3.05) is 53.9 Å². The topological polar surface area (TPSA) is 24.7 Å². The number of hydrogen-bond acceptors (Lipinski definition) is 4. The van der Waals surface area contributed by atoms with Crippen molar-refractivity contribution >= 4 is 0 Å². The highest BCUT2D eigenvalue weighted by Gasteiger charge is 2.15. The maximum absolute atomic E-state index is 5.32. The van der Waals surface area contributed by atoms with Crippen LogP contribution >= 0.6 is 0 Å². The van der Waals surface area contributed by atoms with Gasteiger partial charge in [-0.1, -0.05) is 0 Å². The lowest BCUT2D eigenvalue weighted by Gasteiger charge is -2.10. The minimum Gasteiger partial charge on any atom is -0.364 e. The maximum Gasteiger partial charge on any atom is 0.0992 e. The Kier molecular flexibility index (Phi) is 4.53. The first-order chi connectivity index (χ1) is 5.79. The Hall–Kier alpha value is -0.160. The Bertz CT molecular complexity index is 110. The average molecular weight is 174 g/mol. The number of hydrogen-bond donors (Lipinski definition) is 0. The summed E-state index contributed by atoms with van der Waals surface area (Å²) in [7, 11) is 3.97. The van der Waals surface area contributed by atoms with Crippen LogP contribution in [0.15, 0.2) is 0 Å². The average Bonchev–Trinajstić information content (AvgIpc) is 2.79. The molecule has 0 aromatic heterocycles. The van der Waals surface area contributed by atoms with Gasteiger partial charge in [0.1, 0.15) is 0 Å². The van der Waals surface area contributed by atoms with Crippen molar-refractivity contribution in [2.24, 2.45) is 0 Å². The van der Waals surface area contributed by atoms with E-state index in [4.69, 9.17) is 9.47 Å². The fourth-order valence-corrected chi connectivity index (χ4v) is 0.758. The highest BCUT2D eigenvalue weighted by Crippen LogP contribution is 2.01. The quantitative estimate of drug-likeness (QED) is 0.303. The lowest BCUT2D eigenvalue weighted by molar-refractivity contribution is -0.00349. The van der Waals surface area contributed by atoms with Gasteiger partial charge in [0.25, 0.3) is 0 Å². The van der Waals surface area contributed by atoms with Crippen LogP contribution in [0.3, 0.4) is 0 Å². The van der Waals surface area contributed by atoms with E-state index in [2.05, 4.69) is 4.90 Å². The summed E-state index contributed by atoms with van der Waals surface area (Å²) in [6, 6.07) is 0. The molecule has 1 fully saturated rings. The van der Waals surface area contributed by atoms with E-state index in [9.17, 15) is 0 Å². The largest absolute Gasteiger partial charge is 0.364 e. The molecule has 0 amide bonds. The summed E-state index contributed by atoms with van der Waals surface area (Å²) >= 11 is 0. The van der Waals surface area contributed by atoms with Crippen LogP contribution in [-0.2, 0) is 9.47 Å². The molecule has 0 aromatic carbocycles. The molecule has 1 aliphatic heterocycles. The summed E-state index contributed by atoms with van der Waals surface area (Å²) in [6.45, 7) is 5.21. The summed E-state index contributed by atoms with van der Waals surface area (Å²) in [6.07, 6.45) is 0. The van der Waals surface area contributed by atoms with Crippen LogP contribution in [0.5, 0.6) is 0 Å². The molecule has 1 heterocycles. The molecule has 0 bridgehead atoms. The van der Waals surface area contributed by atoms with Crippen molar-refractivity contribution in [3.05, 3.63) is 0 Å². The van der Waals surface area contributed by atoms with Crippen LogP contribution in [0.25, 0.3) is 0 Å². The lowest BCUT2D eigenvalue weighted by atomic mass is 10.8. The second kappa shape index (κ2) is 5.48. The minimum absolute atomic E-state index is 0.674. The second-order valence-corrected chi connectivity index (χ2v) is 3.27. The van der Waals surface area contributed by atoms with Crippen molar-refractivity contribution in [3.63, 3.8) is 0 Å². The minimum atomic E-state index is 0.674. The molecule has 4 heteroatoms. The Morgan fingerprint density at radius 2 is 1.83 bits per heavy atom. The summed E-state index contributed by atoms with van der Waals surface area (Å²) in [5.41, 5.74) is 0. The fourth-order valence-electron chi connectivity index (χ4n) is 0.758. The van der Waals surface area contributed by atoms with Crippen molar-refractivity contribution in [1.82, 2.24) is 9.80 Å². The van der Waals surface area contributed by atoms with E-state index < -0.39 is 0 Å². The van der Waals surface area contributed by atoms with Gasteiger partial charge in [-0.15, -0.1) is 0 Å². The third kappa shape index (κ3) is 5.49. The van der Waals surface area contributed by atoms with Crippen LogP contribution in [0.2, 0.25) is 0 Å². The molecular weight excluding hydrogens is 156 g/mol. The van der Waals surface area contributed by atoms with E-state index in [1.807, 2.05) is 19.0 Å². The third-order valence-electron chi connectivity index (χ3n) is 1.54. The first-order valence-corrected chi connectivity index (χ1v) is 4.31. The van der Waals surface area contributed by atoms with E-state index in [-0.39, 0.29) is 0 Å². The highest BCUT2D eigenvalue weighted by atomic mass is 16.5. The standard InChI is InChI=1S/C8H18N2O2/c1-9(2)7-11-5-6-12-8-10-3-4-10/h3-8H2,1-2H3. The maximum atomic E-state index is 5.32. The molecule has 72 valence electrons. The van der Waals surface area contributed by atoms with Crippen LogP contribution in [0.4, 0.5) is 0 Å².